The Hall–Kier alpha value is -1.39. The predicted octanol–water partition coefficient (Wildman–Crippen LogP) is 0.830. The molecule has 0 radical (unpaired) electrons. The summed E-state index contributed by atoms with van der Waals surface area (Å²) in [6, 6.07) is 6.58. The monoisotopic (exact) mass is 309 g/mol. The minimum Gasteiger partial charge on any atom is -0.395 e. The number of hydrogen-bond donors (Lipinski definition) is 1. The standard InChI is InChI=1S/C15H19NO4S/c1-20-14-8-9-16(12-14)21(18,19)15-7-4-6-13(11-15)5-2-3-10-17/h4,6-7,11,14,17H,3,8-10,12H2,1H3. The average Bonchev–Trinajstić information content (AvgIpc) is 2.97. The van der Waals surface area contributed by atoms with Gasteiger partial charge in [-0.2, -0.15) is 4.31 Å². The van der Waals surface area contributed by atoms with Crippen molar-refractivity contribution in [1.29, 1.82) is 0 Å². The smallest absolute Gasteiger partial charge is 0.243 e. The molecule has 1 aliphatic heterocycles. The molecule has 5 nitrogen and oxygen atoms in total. The number of aliphatic hydroxyl groups excluding tert-OH is 1. The molecule has 1 atom stereocenters. The molecular weight excluding hydrogens is 290 g/mol. The van der Waals surface area contributed by atoms with Crippen LogP contribution in [0.5, 0.6) is 0 Å². The fourth-order valence-corrected chi connectivity index (χ4v) is 3.75. The number of methoxy groups -OCH3 is 1. The quantitative estimate of drug-likeness (QED) is 0.837. The summed E-state index contributed by atoms with van der Waals surface area (Å²) in [6.45, 7) is 0.859. The van der Waals surface area contributed by atoms with Gasteiger partial charge in [0.05, 0.1) is 17.6 Å². The summed E-state index contributed by atoms with van der Waals surface area (Å²) in [5, 5.41) is 8.70. The third kappa shape index (κ3) is 3.83. The molecule has 1 saturated heterocycles. The molecule has 1 heterocycles. The van der Waals surface area contributed by atoms with Crippen LogP contribution in [0.25, 0.3) is 0 Å². The van der Waals surface area contributed by atoms with Crippen molar-refractivity contribution in [2.75, 3.05) is 26.8 Å². The molecule has 1 N–H and O–H groups in total. The molecule has 1 fully saturated rings. The first-order chi connectivity index (χ1) is 10.1. The third-order valence-corrected chi connectivity index (χ3v) is 5.24. The number of ether oxygens (including phenoxy) is 1. The van der Waals surface area contributed by atoms with Crippen LogP contribution in [0.2, 0.25) is 0 Å². The number of hydrogen-bond acceptors (Lipinski definition) is 4. The summed E-state index contributed by atoms with van der Waals surface area (Å²) in [7, 11) is -1.90. The largest absolute Gasteiger partial charge is 0.395 e. The maximum absolute atomic E-state index is 12.6. The van der Waals surface area contributed by atoms with E-state index >= 15 is 0 Å². The van der Waals surface area contributed by atoms with Crippen molar-refractivity contribution in [2.24, 2.45) is 0 Å². The van der Waals surface area contributed by atoms with E-state index in [2.05, 4.69) is 11.8 Å². The lowest BCUT2D eigenvalue weighted by atomic mass is 10.2. The van der Waals surface area contributed by atoms with Gasteiger partial charge in [0.2, 0.25) is 10.0 Å². The Labute approximate surface area is 125 Å². The molecule has 0 spiro atoms. The maximum atomic E-state index is 12.6. The second-order valence-corrected chi connectivity index (χ2v) is 6.75. The fourth-order valence-electron chi connectivity index (χ4n) is 2.21. The van der Waals surface area contributed by atoms with Crippen molar-refractivity contribution >= 4 is 10.0 Å². The SMILES string of the molecule is COC1CCN(S(=O)(=O)c2cccc(C#CCCO)c2)C1. The highest BCUT2D eigenvalue weighted by Crippen LogP contribution is 2.22. The average molecular weight is 309 g/mol. The summed E-state index contributed by atoms with van der Waals surface area (Å²) in [4.78, 5) is 0.245. The topological polar surface area (TPSA) is 66.8 Å². The van der Waals surface area contributed by atoms with Gasteiger partial charge >= 0.3 is 0 Å². The predicted molar refractivity (Wildman–Crippen MR) is 79.2 cm³/mol. The van der Waals surface area contributed by atoms with E-state index in [1.54, 1.807) is 31.4 Å². The van der Waals surface area contributed by atoms with E-state index in [-0.39, 0.29) is 17.6 Å². The Morgan fingerprint density at radius 3 is 2.95 bits per heavy atom. The number of benzene rings is 1. The van der Waals surface area contributed by atoms with Crippen LogP contribution in [0.1, 0.15) is 18.4 Å². The number of sulfonamides is 1. The first kappa shape index (κ1) is 16.0. The Bertz CT molecular complexity index is 645. The van der Waals surface area contributed by atoms with Gasteiger partial charge in [0, 0.05) is 32.2 Å². The van der Waals surface area contributed by atoms with Crippen molar-refractivity contribution < 1.29 is 18.3 Å². The molecule has 1 unspecified atom stereocenters. The van der Waals surface area contributed by atoms with Crippen molar-refractivity contribution in [3.63, 3.8) is 0 Å². The van der Waals surface area contributed by atoms with Crippen LogP contribution in [0.4, 0.5) is 0 Å². The molecule has 2 rings (SSSR count). The zero-order chi connectivity index (χ0) is 15.3. The van der Waals surface area contributed by atoms with Gasteiger partial charge in [-0.15, -0.1) is 0 Å². The van der Waals surface area contributed by atoms with Gasteiger partial charge in [0.1, 0.15) is 0 Å². The van der Waals surface area contributed by atoms with Crippen molar-refractivity contribution in [3.05, 3.63) is 29.8 Å². The van der Waals surface area contributed by atoms with Gasteiger partial charge in [-0.1, -0.05) is 17.9 Å². The molecule has 1 aromatic carbocycles. The van der Waals surface area contributed by atoms with Crippen LogP contribution >= 0.6 is 0 Å². The van der Waals surface area contributed by atoms with Gasteiger partial charge in [-0.3, -0.25) is 0 Å². The zero-order valence-electron chi connectivity index (χ0n) is 11.9. The molecule has 114 valence electrons. The van der Waals surface area contributed by atoms with E-state index < -0.39 is 10.0 Å². The summed E-state index contributed by atoms with van der Waals surface area (Å²) in [6.07, 6.45) is 1.05. The number of rotatable bonds is 4. The van der Waals surface area contributed by atoms with Crippen molar-refractivity contribution in [1.82, 2.24) is 4.31 Å². The minimum atomic E-state index is -3.50. The van der Waals surface area contributed by atoms with Crippen LogP contribution in [0.15, 0.2) is 29.2 Å². The Morgan fingerprint density at radius 1 is 1.48 bits per heavy atom. The van der Waals surface area contributed by atoms with E-state index in [1.165, 1.54) is 4.31 Å². The summed E-state index contributed by atoms with van der Waals surface area (Å²) >= 11 is 0. The fraction of sp³-hybridized carbons (Fsp3) is 0.467. The first-order valence-corrected chi connectivity index (χ1v) is 8.24. The lowest BCUT2D eigenvalue weighted by Crippen LogP contribution is -2.30. The molecule has 0 aromatic heterocycles. The van der Waals surface area contributed by atoms with Crippen LogP contribution in [-0.4, -0.2) is 50.7 Å². The Morgan fingerprint density at radius 2 is 2.29 bits per heavy atom. The molecule has 0 saturated carbocycles. The molecule has 1 aliphatic rings. The lowest BCUT2D eigenvalue weighted by molar-refractivity contribution is 0.115. The highest BCUT2D eigenvalue weighted by Gasteiger charge is 2.32. The normalized spacial score (nSPS) is 19.2. The highest BCUT2D eigenvalue weighted by atomic mass is 32.2. The molecule has 6 heteroatoms. The van der Waals surface area contributed by atoms with Gasteiger partial charge in [0.25, 0.3) is 0 Å². The zero-order valence-corrected chi connectivity index (χ0v) is 12.8. The van der Waals surface area contributed by atoms with Gasteiger partial charge in [-0.25, -0.2) is 8.42 Å². The van der Waals surface area contributed by atoms with E-state index in [9.17, 15) is 8.42 Å². The number of aliphatic hydroxyl groups is 1. The van der Waals surface area contributed by atoms with E-state index in [1.807, 2.05) is 0 Å². The summed E-state index contributed by atoms with van der Waals surface area (Å²) in [5.41, 5.74) is 0.631. The number of nitrogens with zero attached hydrogens (tertiary/aromatic N) is 1. The van der Waals surface area contributed by atoms with Gasteiger partial charge in [0.15, 0.2) is 0 Å². The summed E-state index contributed by atoms with van der Waals surface area (Å²) < 4.78 is 31.8. The second kappa shape index (κ2) is 7.05. The van der Waals surface area contributed by atoms with E-state index in [0.717, 1.165) is 0 Å². The highest BCUT2D eigenvalue weighted by molar-refractivity contribution is 7.89. The van der Waals surface area contributed by atoms with E-state index in [0.29, 0.717) is 31.5 Å². The third-order valence-electron chi connectivity index (χ3n) is 3.38. The van der Waals surface area contributed by atoms with Gasteiger partial charge < -0.3 is 9.84 Å². The molecule has 0 aliphatic carbocycles. The van der Waals surface area contributed by atoms with Crippen molar-refractivity contribution in [3.8, 4) is 11.8 Å². The second-order valence-electron chi connectivity index (χ2n) is 4.81. The van der Waals surface area contributed by atoms with Crippen molar-refractivity contribution in [2.45, 2.75) is 23.8 Å². The van der Waals surface area contributed by atoms with Crippen LogP contribution < -0.4 is 0 Å². The van der Waals surface area contributed by atoms with Gasteiger partial charge in [-0.05, 0) is 24.6 Å². The van der Waals surface area contributed by atoms with Crippen LogP contribution in [0, 0.1) is 11.8 Å². The molecule has 21 heavy (non-hydrogen) atoms. The molecule has 0 bridgehead atoms. The lowest BCUT2D eigenvalue weighted by Gasteiger charge is -2.16. The Kier molecular flexibility index (Phi) is 5.37. The van der Waals surface area contributed by atoms with E-state index in [4.69, 9.17) is 9.84 Å². The summed E-state index contributed by atoms with van der Waals surface area (Å²) in [5.74, 6) is 5.64. The molecular formula is C15H19NO4S. The molecule has 1 aromatic rings. The van der Waals surface area contributed by atoms with Crippen LogP contribution in [-0.2, 0) is 14.8 Å². The first-order valence-electron chi connectivity index (χ1n) is 6.80. The maximum Gasteiger partial charge on any atom is 0.243 e. The Balaban J connectivity index is 2.21. The minimum absolute atomic E-state index is 0.00280. The molecule has 0 amide bonds. The van der Waals surface area contributed by atoms with Crippen LogP contribution in [0.3, 0.4) is 0 Å².